The number of nitrogens with zero attached hydrogens (tertiary/aromatic N) is 1. The van der Waals surface area contributed by atoms with Crippen LogP contribution in [-0.2, 0) is 4.79 Å². The van der Waals surface area contributed by atoms with E-state index in [1.165, 1.54) is 0 Å². The maximum absolute atomic E-state index is 10.2. The zero-order chi connectivity index (χ0) is 6.85. The lowest BCUT2D eigenvalue weighted by molar-refractivity contribution is -0.138. The third kappa shape index (κ3) is 1.20. The van der Waals surface area contributed by atoms with E-state index in [0.717, 1.165) is 0 Å². The molecule has 4 nitrogen and oxygen atoms in total. The molecule has 1 heterocycles. The number of hydrogen-bond acceptors (Lipinski definition) is 3. The van der Waals surface area contributed by atoms with Crippen molar-refractivity contribution >= 4 is 5.97 Å². The van der Waals surface area contributed by atoms with Gasteiger partial charge in [0.15, 0.2) is 0 Å². The van der Waals surface area contributed by atoms with Crippen LogP contribution in [0.2, 0.25) is 0 Å². The van der Waals surface area contributed by atoms with E-state index in [0.29, 0.717) is 0 Å². The van der Waals surface area contributed by atoms with Crippen molar-refractivity contribution < 1.29 is 9.90 Å². The molecule has 0 fully saturated rings. The molecular weight excluding hydrogens is 120 g/mol. The number of carboxylic acids is 1. The van der Waals surface area contributed by atoms with Crippen molar-refractivity contribution in [2.75, 3.05) is 7.05 Å². The number of rotatable bonds is 1. The van der Waals surface area contributed by atoms with Crippen molar-refractivity contribution in [3.63, 3.8) is 0 Å². The fourth-order valence-electron chi connectivity index (χ4n) is 0.658. The normalized spacial score (nSPS) is 25.0. The van der Waals surface area contributed by atoms with Crippen LogP contribution < -0.4 is 5.43 Å². The molecule has 4 heteroatoms. The fourth-order valence-corrected chi connectivity index (χ4v) is 0.658. The first-order valence-corrected chi connectivity index (χ1v) is 2.60. The Hall–Kier alpha value is -1.03. The summed E-state index contributed by atoms with van der Waals surface area (Å²) in [5.74, 6) is -0.851. The van der Waals surface area contributed by atoms with Crippen LogP contribution in [0.25, 0.3) is 0 Å². The van der Waals surface area contributed by atoms with Gasteiger partial charge in [0, 0.05) is 13.2 Å². The van der Waals surface area contributed by atoms with Crippen molar-refractivity contribution in [3.05, 3.63) is 12.3 Å². The third-order valence-corrected chi connectivity index (χ3v) is 1.11. The van der Waals surface area contributed by atoms with Crippen LogP contribution in [0.15, 0.2) is 12.3 Å². The van der Waals surface area contributed by atoms with E-state index in [2.05, 4.69) is 5.43 Å². The summed E-state index contributed by atoms with van der Waals surface area (Å²) < 4.78 is 0. The summed E-state index contributed by atoms with van der Waals surface area (Å²) in [6.07, 6.45) is 3.26. The minimum atomic E-state index is -0.851. The van der Waals surface area contributed by atoms with E-state index in [1.54, 1.807) is 24.3 Å². The van der Waals surface area contributed by atoms with Gasteiger partial charge in [0.25, 0.3) is 0 Å². The molecule has 0 radical (unpaired) electrons. The highest BCUT2D eigenvalue weighted by atomic mass is 16.4. The summed E-state index contributed by atoms with van der Waals surface area (Å²) in [5.41, 5.74) is 2.68. The van der Waals surface area contributed by atoms with Crippen molar-refractivity contribution in [1.82, 2.24) is 10.4 Å². The molecule has 1 aliphatic heterocycles. The molecule has 0 saturated heterocycles. The Kier molecular flexibility index (Phi) is 1.40. The molecule has 0 bridgehead atoms. The van der Waals surface area contributed by atoms with Gasteiger partial charge in [-0.1, -0.05) is 0 Å². The average molecular weight is 128 g/mol. The zero-order valence-corrected chi connectivity index (χ0v) is 5.03. The summed E-state index contributed by atoms with van der Waals surface area (Å²) in [4.78, 5) is 10.2. The van der Waals surface area contributed by atoms with Gasteiger partial charge in [0.05, 0.1) is 0 Å². The van der Waals surface area contributed by atoms with Crippen LogP contribution in [0.5, 0.6) is 0 Å². The number of hydrazine groups is 1. The predicted molar refractivity (Wildman–Crippen MR) is 31.5 cm³/mol. The number of hydrogen-bond donors (Lipinski definition) is 2. The molecule has 0 amide bonds. The van der Waals surface area contributed by atoms with E-state index in [-0.39, 0.29) is 0 Å². The predicted octanol–water partition coefficient (Wildman–Crippen LogP) is -0.597. The van der Waals surface area contributed by atoms with Crippen molar-refractivity contribution in [3.8, 4) is 0 Å². The smallest absolute Gasteiger partial charge is 0.326 e. The topological polar surface area (TPSA) is 52.6 Å². The van der Waals surface area contributed by atoms with E-state index < -0.39 is 12.0 Å². The molecule has 0 aromatic carbocycles. The van der Waals surface area contributed by atoms with Crippen LogP contribution in [0.4, 0.5) is 0 Å². The third-order valence-electron chi connectivity index (χ3n) is 1.11. The Bertz CT molecular complexity index is 155. The van der Waals surface area contributed by atoms with Gasteiger partial charge in [-0.3, -0.25) is 4.79 Å². The van der Waals surface area contributed by atoms with Gasteiger partial charge in [-0.05, 0) is 6.08 Å². The van der Waals surface area contributed by atoms with E-state index in [1.807, 2.05) is 0 Å². The lowest BCUT2D eigenvalue weighted by atomic mass is 10.3. The van der Waals surface area contributed by atoms with E-state index >= 15 is 0 Å². The van der Waals surface area contributed by atoms with E-state index in [4.69, 9.17) is 5.11 Å². The minimum absolute atomic E-state index is 0.546. The Balaban J connectivity index is 2.50. The van der Waals surface area contributed by atoms with Gasteiger partial charge >= 0.3 is 5.97 Å². The van der Waals surface area contributed by atoms with Crippen LogP contribution in [0.3, 0.4) is 0 Å². The molecule has 2 N–H and O–H groups in total. The molecule has 1 unspecified atom stereocenters. The van der Waals surface area contributed by atoms with Crippen LogP contribution in [0.1, 0.15) is 0 Å². The summed E-state index contributed by atoms with van der Waals surface area (Å²) in [5, 5.41) is 10.0. The lowest BCUT2D eigenvalue weighted by Gasteiger charge is -2.10. The molecule has 0 aromatic heterocycles. The van der Waals surface area contributed by atoms with Crippen LogP contribution in [-0.4, -0.2) is 29.2 Å². The summed E-state index contributed by atoms with van der Waals surface area (Å²) >= 11 is 0. The SMILES string of the molecule is CN1C=CC(C(=O)O)N1. The summed E-state index contributed by atoms with van der Waals surface area (Å²) in [7, 11) is 1.75. The maximum Gasteiger partial charge on any atom is 0.326 e. The molecule has 50 valence electrons. The standard InChI is InChI=1S/C5H8N2O2/c1-7-3-2-4(6-7)5(8)9/h2-4,6H,1H3,(H,8,9). The highest BCUT2D eigenvalue weighted by molar-refractivity contribution is 5.76. The Morgan fingerprint density at radius 2 is 2.56 bits per heavy atom. The zero-order valence-electron chi connectivity index (χ0n) is 5.03. The van der Waals surface area contributed by atoms with Gasteiger partial charge < -0.3 is 10.1 Å². The van der Waals surface area contributed by atoms with Gasteiger partial charge in [-0.2, -0.15) is 0 Å². The van der Waals surface area contributed by atoms with Crippen molar-refractivity contribution in [1.29, 1.82) is 0 Å². The number of carboxylic acid groups (broad SMARTS) is 1. The van der Waals surface area contributed by atoms with E-state index in [9.17, 15) is 4.79 Å². The second-order valence-electron chi connectivity index (χ2n) is 1.90. The van der Waals surface area contributed by atoms with Crippen molar-refractivity contribution in [2.24, 2.45) is 0 Å². The first-order chi connectivity index (χ1) is 4.20. The van der Waals surface area contributed by atoms with Gasteiger partial charge in [0.2, 0.25) is 0 Å². The second-order valence-corrected chi connectivity index (χ2v) is 1.90. The first kappa shape index (κ1) is 6.10. The molecule has 9 heavy (non-hydrogen) atoms. The second kappa shape index (κ2) is 2.06. The summed E-state index contributed by atoms with van der Waals surface area (Å²) in [6, 6.07) is -0.546. The van der Waals surface area contributed by atoms with Crippen LogP contribution in [0, 0.1) is 0 Å². The van der Waals surface area contributed by atoms with Gasteiger partial charge in [-0.25, -0.2) is 5.43 Å². The molecule has 1 rings (SSSR count). The fraction of sp³-hybridized carbons (Fsp3) is 0.400. The molecule has 1 atom stereocenters. The molecule has 0 saturated carbocycles. The van der Waals surface area contributed by atoms with Crippen LogP contribution >= 0.6 is 0 Å². The number of nitrogens with one attached hydrogen (secondary N) is 1. The number of carbonyl (C=O) groups is 1. The first-order valence-electron chi connectivity index (χ1n) is 2.60. The lowest BCUT2D eigenvalue weighted by Crippen LogP contribution is -2.37. The van der Waals surface area contributed by atoms with Gasteiger partial charge in [-0.15, -0.1) is 0 Å². The molecule has 0 aromatic rings. The largest absolute Gasteiger partial charge is 0.480 e. The molecule has 0 aliphatic carbocycles. The average Bonchev–Trinajstić information content (AvgIpc) is 2.14. The maximum atomic E-state index is 10.2. The van der Waals surface area contributed by atoms with Gasteiger partial charge in [0.1, 0.15) is 6.04 Å². The summed E-state index contributed by atoms with van der Waals surface area (Å²) in [6.45, 7) is 0. The molecule has 0 spiro atoms. The quantitative estimate of drug-likeness (QED) is 0.495. The highest BCUT2D eigenvalue weighted by Gasteiger charge is 2.18. The highest BCUT2D eigenvalue weighted by Crippen LogP contribution is 1.97. The monoisotopic (exact) mass is 128 g/mol. The molecular formula is C5H8N2O2. The Morgan fingerprint density at radius 3 is 2.78 bits per heavy atom. The Labute approximate surface area is 52.7 Å². The minimum Gasteiger partial charge on any atom is -0.480 e. The Morgan fingerprint density at radius 1 is 1.89 bits per heavy atom. The van der Waals surface area contributed by atoms with Crippen molar-refractivity contribution in [2.45, 2.75) is 6.04 Å². The molecule has 1 aliphatic rings. The number of aliphatic carboxylic acids is 1.